The molecule has 0 fully saturated rings. The Balaban J connectivity index is -0.000000451. The Morgan fingerprint density at radius 1 is 0.448 bits per heavy atom. The number of carbonyl (C=O) groups is 2. The average Bonchev–Trinajstić information content (AvgIpc) is 2.65. The van der Waals surface area contributed by atoms with Crippen molar-refractivity contribution in [2.24, 2.45) is 0 Å². The van der Waals surface area contributed by atoms with Gasteiger partial charge in [-0.25, -0.2) is 0 Å². The van der Waals surface area contributed by atoms with Crippen molar-refractivity contribution >= 4 is 11.9 Å². The maximum Gasteiger partial charge on any atom is 2.00 e. The van der Waals surface area contributed by atoms with Gasteiger partial charge in [-0.3, -0.25) is 0 Å². The molecule has 0 saturated heterocycles. The second kappa shape index (κ2) is 30.0. The van der Waals surface area contributed by atoms with E-state index in [-0.39, 0.29) is 39.0 Å². The van der Waals surface area contributed by atoms with Crippen LogP contribution in [-0.4, -0.2) is 11.9 Å². The molecule has 0 bridgehead atoms. The molecule has 0 unspecified atom stereocenters. The van der Waals surface area contributed by atoms with E-state index in [2.05, 4.69) is 13.8 Å². The molecule has 0 heterocycles. The monoisotopic (exact) mass is 488 g/mol. The molecular weight excluding hydrogens is 443 g/mol. The molecule has 0 rings (SSSR count). The van der Waals surface area contributed by atoms with Gasteiger partial charge in [0.15, 0.2) is 0 Å². The molecule has 0 N–H and O–H groups in total. The molecule has 0 radical (unpaired) electrons. The molecule has 5 heteroatoms. The first-order valence-electron chi connectivity index (χ1n) is 11.9. The Bertz CT molecular complexity index is 303. The Morgan fingerprint density at radius 3 is 0.862 bits per heavy atom. The number of unbranched alkanes of at least 4 members (excludes halogenated alkanes) is 16. The number of carbonyl (C=O) groups excluding carboxylic acids is 2. The minimum atomic E-state index is -0.909. The van der Waals surface area contributed by atoms with E-state index in [0.717, 1.165) is 25.7 Å². The van der Waals surface area contributed by atoms with Crippen LogP contribution in [0, 0.1) is 0 Å². The van der Waals surface area contributed by atoms with Crippen molar-refractivity contribution in [2.45, 2.75) is 142 Å². The summed E-state index contributed by atoms with van der Waals surface area (Å²) in [6.45, 7) is 4.44. The van der Waals surface area contributed by atoms with Crippen LogP contribution in [0.2, 0.25) is 0 Å². The summed E-state index contributed by atoms with van der Waals surface area (Å²) in [5, 5.41) is 20.2. The predicted molar refractivity (Wildman–Crippen MR) is 114 cm³/mol. The molecule has 4 nitrogen and oxygen atoms in total. The zero-order valence-electron chi connectivity index (χ0n) is 19.3. The predicted octanol–water partition coefficient (Wildman–Crippen LogP) is 5.31. The quantitative estimate of drug-likeness (QED) is 0.217. The molecule has 0 aromatic carbocycles. The van der Waals surface area contributed by atoms with E-state index in [1.807, 2.05) is 0 Å². The normalized spacial score (nSPS) is 10.0. The van der Waals surface area contributed by atoms with Crippen LogP contribution in [0.25, 0.3) is 0 Å². The summed E-state index contributed by atoms with van der Waals surface area (Å²) < 4.78 is 0. The van der Waals surface area contributed by atoms with E-state index in [4.69, 9.17) is 0 Å². The number of carboxylic acids is 2. The van der Waals surface area contributed by atoms with Gasteiger partial charge in [-0.05, 0) is 25.7 Å². The largest absolute Gasteiger partial charge is 2.00 e. The number of hydrogen-bond acceptors (Lipinski definition) is 4. The van der Waals surface area contributed by atoms with E-state index in [0.29, 0.717) is 0 Å². The summed E-state index contributed by atoms with van der Waals surface area (Å²) >= 11 is 0. The molecule has 0 aliphatic carbocycles. The van der Waals surface area contributed by atoms with Gasteiger partial charge in [-0.15, -0.1) is 0 Å². The topological polar surface area (TPSA) is 80.3 Å². The SMILES string of the molecule is CCCCCCCCCCCC(=O)[O-].CCCCCCCCCCCC(=O)[O-].[Zr+2]. The Hall–Kier alpha value is -0.177. The van der Waals surface area contributed by atoms with Gasteiger partial charge in [0, 0.05) is 11.9 Å². The fraction of sp³-hybridized carbons (Fsp3) is 0.917. The summed E-state index contributed by atoms with van der Waals surface area (Å²) in [7, 11) is 0. The van der Waals surface area contributed by atoms with Crippen molar-refractivity contribution in [2.75, 3.05) is 0 Å². The maximum absolute atomic E-state index is 10.1. The van der Waals surface area contributed by atoms with Crippen LogP contribution in [0.3, 0.4) is 0 Å². The fourth-order valence-electron chi connectivity index (χ4n) is 3.16. The van der Waals surface area contributed by atoms with Crippen LogP contribution in [-0.2, 0) is 35.8 Å². The van der Waals surface area contributed by atoms with Gasteiger partial charge in [-0.2, -0.15) is 0 Å². The van der Waals surface area contributed by atoms with Gasteiger partial charge in [0.1, 0.15) is 0 Å². The number of carboxylic acid groups (broad SMARTS) is 2. The van der Waals surface area contributed by atoms with Crippen molar-refractivity contribution in [1.82, 2.24) is 0 Å². The molecule has 0 amide bonds. The first kappa shape index (κ1) is 33.5. The molecule has 170 valence electrons. The molecule has 0 aromatic heterocycles. The van der Waals surface area contributed by atoms with Crippen molar-refractivity contribution in [3.05, 3.63) is 0 Å². The second-order valence-corrected chi connectivity index (χ2v) is 7.90. The number of hydrogen-bond donors (Lipinski definition) is 0. The van der Waals surface area contributed by atoms with Crippen molar-refractivity contribution in [3.8, 4) is 0 Å². The van der Waals surface area contributed by atoms with Crippen molar-refractivity contribution < 1.29 is 46.0 Å². The zero-order chi connectivity index (χ0) is 21.3. The van der Waals surface area contributed by atoms with E-state index in [1.54, 1.807) is 0 Å². The van der Waals surface area contributed by atoms with Crippen LogP contribution < -0.4 is 10.2 Å². The molecule has 0 atom stereocenters. The van der Waals surface area contributed by atoms with Crippen LogP contribution in [0.4, 0.5) is 0 Å². The molecule has 0 spiro atoms. The Morgan fingerprint density at radius 2 is 0.655 bits per heavy atom. The van der Waals surface area contributed by atoms with Crippen LogP contribution in [0.1, 0.15) is 142 Å². The zero-order valence-corrected chi connectivity index (χ0v) is 21.7. The van der Waals surface area contributed by atoms with Crippen molar-refractivity contribution in [3.63, 3.8) is 0 Å². The summed E-state index contributed by atoms with van der Waals surface area (Å²) in [5.41, 5.74) is 0. The summed E-state index contributed by atoms with van der Waals surface area (Å²) in [6.07, 6.45) is 22.3. The molecule has 0 aromatic rings. The Labute approximate surface area is 199 Å². The summed E-state index contributed by atoms with van der Waals surface area (Å²) in [4.78, 5) is 20.2. The summed E-state index contributed by atoms with van der Waals surface area (Å²) in [6, 6.07) is 0. The minimum absolute atomic E-state index is 0. The maximum atomic E-state index is 10.1. The van der Waals surface area contributed by atoms with Crippen LogP contribution in [0.5, 0.6) is 0 Å². The minimum Gasteiger partial charge on any atom is -0.550 e. The smallest absolute Gasteiger partial charge is 0.550 e. The molecule has 0 aliphatic heterocycles. The van der Waals surface area contributed by atoms with Gasteiger partial charge >= 0.3 is 26.2 Å². The molecule has 29 heavy (non-hydrogen) atoms. The third-order valence-electron chi connectivity index (χ3n) is 4.97. The van der Waals surface area contributed by atoms with Gasteiger partial charge < -0.3 is 19.8 Å². The third kappa shape index (κ3) is 39.0. The Kier molecular flexibility index (Phi) is 34.6. The van der Waals surface area contributed by atoms with Crippen LogP contribution >= 0.6 is 0 Å². The first-order chi connectivity index (χ1) is 13.5. The van der Waals surface area contributed by atoms with Gasteiger partial charge in [0.05, 0.1) is 0 Å². The fourth-order valence-corrected chi connectivity index (χ4v) is 3.16. The van der Waals surface area contributed by atoms with E-state index in [1.165, 1.54) is 89.9 Å². The van der Waals surface area contributed by atoms with E-state index < -0.39 is 11.9 Å². The van der Waals surface area contributed by atoms with E-state index in [9.17, 15) is 19.8 Å². The summed E-state index contributed by atoms with van der Waals surface area (Å²) in [5.74, 6) is -1.82. The molecule has 0 saturated carbocycles. The standard InChI is InChI=1S/2C12H24O2.Zr/c2*1-2-3-4-5-6-7-8-9-10-11-12(13)14;/h2*2-11H2,1H3,(H,13,14);/q;;+2/p-2. The van der Waals surface area contributed by atoms with Gasteiger partial charge in [0.25, 0.3) is 0 Å². The number of aliphatic carboxylic acids is 2. The second-order valence-electron chi connectivity index (χ2n) is 7.90. The van der Waals surface area contributed by atoms with Crippen LogP contribution in [0.15, 0.2) is 0 Å². The van der Waals surface area contributed by atoms with Gasteiger partial charge in [-0.1, -0.05) is 117 Å². The van der Waals surface area contributed by atoms with E-state index >= 15 is 0 Å². The van der Waals surface area contributed by atoms with Gasteiger partial charge in [0.2, 0.25) is 0 Å². The van der Waals surface area contributed by atoms with Crippen molar-refractivity contribution in [1.29, 1.82) is 0 Å². The number of rotatable bonds is 20. The molecule has 0 aliphatic rings. The first-order valence-corrected chi connectivity index (χ1v) is 11.9. The molecular formula is C24H46O4Zr. The average molecular weight is 490 g/mol. The third-order valence-corrected chi connectivity index (χ3v) is 4.97.